The quantitative estimate of drug-likeness (QED) is 0.254. The molecule has 0 spiro atoms. The number of benzene rings is 2. The number of ketones is 2. The lowest BCUT2D eigenvalue weighted by Crippen LogP contribution is -2.37. The third kappa shape index (κ3) is 6.11. The van der Waals surface area contributed by atoms with Crippen molar-refractivity contribution in [1.82, 2.24) is 4.90 Å². The van der Waals surface area contributed by atoms with Gasteiger partial charge < -0.3 is 25.2 Å². The minimum atomic E-state index is -0.591. The molecule has 0 saturated carbocycles. The number of Topliss-reactive ketones (excluding diaryl/α,β-unsaturated/α-hetero) is 2. The molecule has 1 aliphatic carbocycles. The van der Waals surface area contributed by atoms with Gasteiger partial charge in [-0.05, 0) is 29.7 Å². The number of nitrogens with zero attached hydrogens (tertiary/aromatic N) is 1. The molecule has 198 valence electrons. The molecule has 38 heavy (non-hydrogen) atoms. The second-order valence-corrected chi connectivity index (χ2v) is 9.77. The van der Waals surface area contributed by atoms with Gasteiger partial charge >= 0.3 is 5.97 Å². The molecular formula is C29H30N2O6S. The fourth-order valence-electron chi connectivity index (χ4n) is 4.63. The van der Waals surface area contributed by atoms with Gasteiger partial charge in [-0.2, -0.15) is 0 Å². The normalized spacial score (nSPS) is 18.1. The second-order valence-electron chi connectivity index (χ2n) is 9.30. The van der Waals surface area contributed by atoms with E-state index in [9.17, 15) is 19.5 Å². The summed E-state index contributed by atoms with van der Waals surface area (Å²) in [6, 6.07) is 12.4. The highest BCUT2D eigenvalue weighted by Gasteiger charge is 2.37. The number of hydrogen-bond donors (Lipinski definition) is 2. The van der Waals surface area contributed by atoms with Crippen LogP contribution in [0.3, 0.4) is 0 Å². The molecule has 3 N–H and O–H groups in total. The van der Waals surface area contributed by atoms with Crippen LogP contribution in [0, 0.1) is 11.8 Å². The van der Waals surface area contributed by atoms with Gasteiger partial charge in [0, 0.05) is 18.3 Å². The SMILES string of the molecule is CCCc1c(OCC(=O)OCc2ccccc2)ccc(C(=O)CN2C=C3C=CC(C(N)=S)C(=O)C3C2)c1O. The number of fused-ring (bicyclic) bond motifs is 1. The first-order valence-corrected chi connectivity index (χ1v) is 12.9. The molecule has 0 radical (unpaired) electrons. The number of ether oxygens (including phenoxy) is 2. The van der Waals surface area contributed by atoms with E-state index in [1.165, 1.54) is 6.07 Å². The van der Waals surface area contributed by atoms with Crippen LogP contribution in [0.5, 0.6) is 11.5 Å². The first-order chi connectivity index (χ1) is 18.3. The first kappa shape index (κ1) is 27.1. The van der Waals surface area contributed by atoms with E-state index in [-0.39, 0.29) is 53.5 Å². The maximum absolute atomic E-state index is 13.1. The van der Waals surface area contributed by atoms with E-state index in [0.717, 1.165) is 11.1 Å². The summed E-state index contributed by atoms with van der Waals surface area (Å²) < 4.78 is 10.9. The number of thiocarbonyl (C=S) groups is 1. The van der Waals surface area contributed by atoms with Crippen molar-refractivity contribution < 1.29 is 29.0 Å². The Morgan fingerprint density at radius 1 is 1.18 bits per heavy atom. The molecule has 2 unspecified atom stereocenters. The van der Waals surface area contributed by atoms with Gasteiger partial charge in [-0.1, -0.05) is 68.0 Å². The minimum Gasteiger partial charge on any atom is -0.507 e. The fraction of sp³-hybridized carbons (Fsp3) is 0.310. The lowest BCUT2D eigenvalue weighted by Gasteiger charge is -2.22. The second kappa shape index (κ2) is 12.0. The highest BCUT2D eigenvalue weighted by molar-refractivity contribution is 7.80. The summed E-state index contributed by atoms with van der Waals surface area (Å²) in [5.74, 6) is -1.73. The molecule has 0 fully saturated rings. The number of phenolic OH excluding ortho intramolecular Hbond substituents is 1. The Labute approximate surface area is 226 Å². The lowest BCUT2D eigenvalue weighted by atomic mass is 9.83. The number of allylic oxidation sites excluding steroid dienone is 1. The van der Waals surface area contributed by atoms with E-state index >= 15 is 0 Å². The van der Waals surface area contributed by atoms with Crippen molar-refractivity contribution in [1.29, 1.82) is 0 Å². The molecular weight excluding hydrogens is 504 g/mol. The molecule has 0 aromatic heterocycles. The van der Waals surface area contributed by atoms with Gasteiger partial charge in [0.05, 0.1) is 28.9 Å². The Morgan fingerprint density at radius 3 is 2.66 bits per heavy atom. The molecule has 4 rings (SSSR count). The fourth-order valence-corrected chi connectivity index (χ4v) is 4.82. The standard InChI is InChI=1S/C29H30N2O6S/c1-2-6-21-25(36-17-26(33)37-16-18-7-4-3-5-8-18)12-11-20(27(21)34)24(32)15-31-13-19-9-10-22(29(30)38)28(35)23(19)14-31/h3-5,7-13,22-23,34H,2,6,14-17H2,1H3,(H2,30,38). The van der Waals surface area contributed by atoms with Crippen molar-refractivity contribution >= 4 is 34.7 Å². The summed E-state index contributed by atoms with van der Waals surface area (Å²) in [6.07, 6.45) is 6.45. The van der Waals surface area contributed by atoms with E-state index in [0.29, 0.717) is 30.7 Å². The van der Waals surface area contributed by atoms with Gasteiger partial charge in [0.1, 0.15) is 18.1 Å². The molecule has 2 aliphatic rings. The number of hydrogen-bond acceptors (Lipinski definition) is 8. The highest BCUT2D eigenvalue weighted by Crippen LogP contribution is 2.35. The number of nitrogens with two attached hydrogens (primary N) is 1. The van der Waals surface area contributed by atoms with Crippen LogP contribution < -0.4 is 10.5 Å². The van der Waals surface area contributed by atoms with Gasteiger partial charge in [-0.25, -0.2) is 4.79 Å². The largest absolute Gasteiger partial charge is 0.507 e. The maximum Gasteiger partial charge on any atom is 0.344 e. The Balaban J connectivity index is 1.39. The van der Waals surface area contributed by atoms with E-state index in [2.05, 4.69) is 0 Å². The zero-order valence-electron chi connectivity index (χ0n) is 21.1. The lowest BCUT2D eigenvalue weighted by molar-refractivity contribution is -0.147. The van der Waals surface area contributed by atoms with Gasteiger partial charge in [0.25, 0.3) is 0 Å². The van der Waals surface area contributed by atoms with E-state index in [4.69, 9.17) is 27.4 Å². The molecule has 1 aliphatic heterocycles. The monoisotopic (exact) mass is 534 g/mol. The van der Waals surface area contributed by atoms with E-state index < -0.39 is 11.9 Å². The van der Waals surface area contributed by atoms with Crippen molar-refractivity contribution in [2.75, 3.05) is 19.7 Å². The van der Waals surface area contributed by atoms with Gasteiger partial charge in [-0.15, -0.1) is 0 Å². The van der Waals surface area contributed by atoms with Crippen LogP contribution in [0.25, 0.3) is 0 Å². The van der Waals surface area contributed by atoms with Gasteiger partial charge in [-0.3, -0.25) is 9.59 Å². The van der Waals surface area contributed by atoms with Crippen LogP contribution in [0.4, 0.5) is 0 Å². The minimum absolute atomic E-state index is 0.00992. The predicted octanol–water partition coefficient (Wildman–Crippen LogP) is 3.51. The average molecular weight is 535 g/mol. The number of carbonyl (C=O) groups is 3. The molecule has 0 bridgehead atoms. The van der Waals surface area contributed by atoms with Gasteiger partial charge in [0.2, 0.25) is 0 Å². The van der Waals surface area contributed by atoms with E-state index in [1.807, 2.05) is 43.3 Å². The maximum atomic E-state index is 13.1. The summed E-state index contributed by atoms with van der Waals surface area (Å²) in [6.45, 7) is 2.09. The van der Waals surface area contributed by atoms with E-state index in [1.54, 1.807) is 23.2 Å². The van der Waals surface area contributed by atoms with Crippen LogP contribution in [0.2, 0.25) is 0 Å². The Morgan fingerprint density at radius 2 is 1.95 bits per heavy atom. The average Bonchev–Trinajstić information content (AvgIpc) is 3.31. The Kier molecular flexibility index (Phi) is 8.58. The highest BCUT2D eigenvalue weighted by atomic mass is 32.1. The molecule has 2 aromatic carbocycles. The van der Waals surface area contributed by atoms with Crippen LogP contribution >= 0.6 is 12.2 Å². The number of phenols is 1. The zero-order chi connectivity index (χ0) is 27.2. The van der Waals surface area contributed by atoms with Crippen LogP contribution in [-0.2, 0) is 27.4 Å². The number of rotatable bonds is 11. The summed E-state index contributed by atoms with van der Waals surface area (Å²) in [4.78, 5) is 40.0. The molecule has 8 nitrogen and oxygen atoms in total. The number of aromatic hydroxyl groups is 1. The predicted molar refractivity (Wildman–Crippen MR) is 146 cm³/mol. The topological polar surface area (TPSA) is 119 Å². The Bertz CT molecular complexity index is 1300. The summed E-state index contributed by atoms with van der Waals surface area (Å²) in [5.41, 5.74) is 7.98. The Hall–Kier alpha value is -3.98. The number of carbonyl (C=O) groups excluding carboxylic acids is 3. The van der Waals surface area contributed by atoms with Crippen LogP contribution in [-0.4, -0.2) is 52.2 Å². The molecule has 1 heterocycles. The van der Waals surface area contributed by atoms with Crippen molar-refractivity contribution in [2.45, 2.75) is 26.4 Å². The van der Waals surface area contributed by atoms with Gasteiger partial charge in [0.15, 0.2) is 18.2 Å². The van der Waals surface area contributed by atoms with Crippen molar-refractivity contribution in [2.24, 2.45) is 17.6 Å². The third-order valence-corrected chi connectivity index (χ3v) is 6.82. The molecule has 9 heteroatoms. The smallest absolute Gasteiger partial charge is 0.344 e. The van der Waals surface area contributed by atoms with Crippen LogP contribution in [0.1, 0.15) is 34.8 Å². The molecule has 2 atom stereocenters. The van der Waals surface area contributed by atoms with Crippen molar-refractivity contribution in [3.05, 3.63) is 83.1 Å². The summed E-state index contributed by atoms with van der Waals surface area (Å²) >= 11 is 5.00. The molecule has 2 aromatic rings. The third-order valence-electron chi connectivity index (χ3n) is 6.56. The van der Waals surface area contributed by atoms with Crippen molar-refractivity contribution in [3.8, 4) is 11.5 Å². The number of esters is 1. The summed E-state index contributed by atoms with van der Waals surface area (Å²) in [7, 11) is 0. The first-order valence-electron chi connectivity index (χ1n) is 12.5. The molecule has 0 amide bonds. The van der Waals surface area contributed by atoms with Crippen LogP contribution in [0.15, 0.2) is 66.4 Å². The van der Waals surface area contributed by atoms with Crippen molar-refractivity contribution in [3.63, 3.8) is 0 Å². The summed E-state index contributed by atoms with van der Waals surface area (Å²) in [5, 5.41) is 11.0. The zero-order valence-corrected chi connectivity index (χ0v) is 21.9. The molecule has 0 saturated heterocycles.